The molecule has 4 aromatic rings. The van der Waals surface area contributed by atoms with Gasteiger partial charge in [-0.3, -0.25) is 9.36 Å². The number of carbonyl (C=O) groups excluding carboxylic acids is 1. The number of amides is 1. The van der Waals surface area contributed by atoms with E-state index in [-0.39, 0.29) is 11.7 Å². The van der Waals surface area contributed by atoms with Crippen LogP contribution in [0.4, 0.5) is 5.69 Å². The van der Waals surface area contributed by atoms with Crippen LogP contribution in [0.15, 0.2) is 90.1 Å². The van der Waals surface area contributed by atoms with Crippen molar-refractivity contribution < 1.29 is 9.53 Å². The van der Waals surface area contributed by atoms with Gasteiger partial charge in [-0.15, -0.1) is 10.2 Å². The van der Waals surface area contributed by atoms with Crippen molar-refractivity contribution in [3.63, 3.8) is 0 Å². The van der Waals surface area contributed by atoms with Crippen molar-refractivity contribution in [2.24, 2.45) is 0 Å². The van der Waals surface area contributed by atoms with Gasteiger partial charge in [-0.25, -0.2) is 0 Å². The molecule has 1 fully saturated rings. The summed E-state index contributed by atoms with van der Waals surface area (Å²) < 4.78 is 8.01. The second-order valence-corrected chi connectivity index (χ2v) is 8.48. The van der Waals surface area contributed by atoms with E-state index in [4.69, 9.17) is 4.74 Å². The highest BCUT2D eigenvalue weighted by atomic mass is 32.2. The normalized spacial score (nSPS) is 13.0. The molecule has 160 valence electrons. The molecule has 6 nitrogen and oxygen atoms in total. The number of thioether (sulfide) groups is 1. The number of carbonyl (C=O) groups is 1. The number of nitrogens with one attached hydrogen (secondary N) is 1. The molecule has 32 heavy (non-hydrogen) atoms. The highest BCUT2D eigenvalue weighted by molar-refractivity contribution is 7.99. The summed E-state index contributed by atoms with van der Waals surface area (Å²) in [6.45, 7) is 0. The van der Waals surface area contributed by atoms with Gasteiger partial charge in [-0.2, -0.15) is 0 Å². The van der Waals surface area contributed by atoms with E-state index < -0.39 is 0 Å². The van der Waals surface area contributed by atoms with Crippen LogP contribution in [0.1, 0.15) is 24.6 Å². The zero-order valence-electron chi connectivity index (χ0n) is 17.3. The third kappa shape index (κ3) is 4.68. The van der Waals surface area contributed by atoms with Gasteiger partial charge in [-0.05, 0) is 49.2 Å². The fourth-order valence-corrected chi connectivity index (χ4v) is 4.15. The van der Waals surface area contributed by atoms with Gasteiger partial charge in [0.1, 0.15) is 11.6 Å². The van der Waals surface area contributed by atoms with Crippen LogP contribution in [-0.2, 0) is 4.79 Å². The number of rotatable bonds is 8. The second-order valence-electron chi connectivity index (χ2n) is 7.53. The summed E-state index contributed by atoms with van der Waals surface area (Å²) in [4.78, 5) is 12.7. The molecular formula is C25H22N4O2S. The minimum atomic E-state index is -0.130. The number of aromatic nitrogens is 3. The second kappa shape index (κ2) is 9.28. The zero-order chi connectivity index (χ0) is 21.8. The average Bonchev–Trinajstić information content (AvgIpc) is 3.59. The number of hydrogen-bond donors (Lipinski definition) is 1. The molecule has 1 aromatic heterocycles. The third-order valence-electron chi connectivity index (χ3n) is 5.08. The molecule has 0 radical (unpaired) electrons. The topological polar surface area (TPSA) is 69.0 Å². The van der Waals surface area contributed by atoms with Crippen LogP contribution in [0.3, 0.4) is 0 Å². The van der Waals surface area contributed by atoms with Crippen molar-refractivity contribution >= 4 is 23.4 Å². The Morgan fingerprint density at radius 3 is 2.38 bits per heavy atom. The molecule has 3 aromatic carbocycles. The quantitative estimate of drug-likeness (QED) is 0.356. The molecule has 1 aliphatic rings. The first-order chi connectivity index (χ1) is 15.8. The van der Waals surface area contributed by atoms with Gasteiger partial charge in [0.25, 0.3) is 0 Å². The lowest BCUT2D eigenvalue weighted by Gasteiger charge is -2.12. The number of anilines is 1. The highest BCUT2D eigenvalue weighted by Gasteiger charge is 2.31. The lowest BCUT2D eigenvalue weighted by atomic mass is 10.3. The van der Waals surface area contributed by atoms with E-state index in [9.17, 15) is 4.79 Å². The lowest BCUT2D eigenvalue weighted by molar-refractivity contribution is -0.113. The fourth-order valence-electron chi connectivity index (χ4n) is 3.39. The van der Waals surface area contributed by atoms with Crippen molar-refractivity contribution in [2.75, 3.05) is 11.1 Å². The van der Waals surface area contributed by atoms with E-state index in [2.05, 4.69) is 20.1 Å². The predicted octanol–water partition coefficient (Wildman–Crippen LogP) is 5.67. The average molecular weight is 443 g/mol. The summed E-state index contributed by atoms with van der Waals surface area (Å²) in [7, 11) is 0. The molecular weight excluding hydrogens is 420 g/mol. The minimum absolute atomic E-state index is 0.130. The molecule has 1 saturated carbocycles. The number of nitrogens with zero attached hydrogens (tertiary/aromatic N) is 3. The Balaban J connectivity index is 1.29. The first-order valence-electron chi connectivity index (χ1n) is 10.5. The van der Waals surface area contributed by atoms with E-state index in [1.165, 1.54) is 11.8 Å². The van der Waals surface area contributed by atoms with Crippen LogP contribution in [-0.4, -0.2) is 26.4 Å². The predicted molar refractivity (Wildman–Crippen MR) is 126 cm³/mol. The Kier molecular flexibility index (Phi) is 5.89. The highest BCUT2D eigenvalue weighted by Crippen LogP contribution is 2.41. The smallest absolute Gasteiger partial charge is 0.234 e. The fraction of sp³-hybridized carbons (Fsp3) is 0.160. The van der Waals surface area contributed by atoms with Crippen LogP contribution in [0.25, 0.3) is 5.69 Å². The molecule has 0 atom stereocenters. The summed E-state index contributed by atoms with van der Waals surface area (Å²) in [5, 5.41) is 12.5. The van der Waals surface area contributed by atoms with Gasteiger partial charge >= 0.3 is 0 Å². The third-order valence-corrected chi connectivity index (χ3v) is 6.01. The maximum absolute atomic E-state index is 12.7. The Hall–Kier alpha value is -3.58. The van der Waals surface area contributed by atoms with E-state index in [0.29, 0.717) is 23.1 Å². The van der Waals surface area contributed by atoms with Gasteiger partial charge in [-0.1, -0.05) is 60.3 Å². The van der Waals surface area contributed by atoms with Gasteiger partial charge in [0.05, 0.1) is 11.4 Å². The molecule has 1 N–H and O–H groups in total. The summed E-state index contributed by atoms with van der Waals surface area (Å²) in [6, 6.07) is 27.0. The van der Waals surface area contributed by atoms with E-state index in [0.717, 1.165) is 29.5 Å². The summed E-state index contributed by atoms with van der Waals surface area (Å²) >= 11 is 1.38. The minimum Gasteiger partial charge on any atom is -0.455 e. The first-order valence-corrected chi connectivity index (χ1v) is 11.5. The summed E-state index contributed by atoms with van der Waals surface area (Å²) in [6.07, 6.45) is 2.27. The number of para-hydroxylation sites is 4. The van der Waals surface area contributed by atoms with Crippen molar-refractivity contribution in [1.82, 2.24) is 14.8 Å². The van der Waals surface area contributed by atoms with Gasteiger partial charge in [0.2, 0.25) is 5.91 Å². The zero-order valence-corrected chi connectivity index (χ0v) is 18.2. The van der Waals surface area contributed by atoms with Crippen molar-refractivity contribution in [3.8, 4) is 17.2 Å². The Morgan fingerprint density at radius 1 is 0.938 bits per heavy atom. The largest absolute Gasteiger partial charge is 0.455 e. The number of benzene rings is 3. The molecule has 5 rings (SSSR count). The summed E-state index contributed by atoms with van der Waals surface area (Å²) in [5.41, 5.74) is 1.65. The SMILES string of the molecule is O=C(CSc1nnc(C2CC2)n1-c1ccccc1)Nc1ccccc1Oc1ccccc1. The Morgan fingerprint density at radius 2 is 1.62 bits per heavy atom. The van der Waals surface area contributed by atoms with Gasteiger partial charge < -0.3 is 10.1 Å². The maximum Gasteiger partial charge on any atom is 0.234 e. The molecule has 7 heteroatoms. The molecule has 0 bridgehead atoms. The molecule has 0 aliphatic heterocycles. The Bertz CT molecular complexity index is 1210. The number of hydrogen-bond acceptors (Lipinski definition) is 5. The molecule has 0 spiro atoms. The van der Waals surface area contributed by atoms with Crippen molar-refractivity contribution in [3.05, 3.63) is 90.8 Å². The number of ether oxygens (including phenoxy) is 1. The van der Waals surface area contributed by atoms with E-state index in [1.54, 1.807) is 0 Å². The van der Waals surface area contributed by atoms with Gasteiger partial charge in [0.15, 0.2) is 10.9 Å². The van der Waals surface area contributed by atoms with Crippen molar-refractivity contribution in [2.45, 2.75) is 23.9 Å². The van der Waals surface area contributed by atoms with Crippen LogP contribution < -0.4 is 10.1 Å². The van der Waals surface area contributed by atoms with Crippen LogP contribution in [0.2, 0.25) is 0 Å². The lowest BCUT2D eigenvalue weighted by Crippen LogP contribution is -2.15. The standard InChI is InChI=1S/C25H22N4O2S/c30-23(26-21-13-7-8-14-22(21)31-20-11-5-2-6-12-20)17-32-25-28-27-24(18-15-16-18)29(25)19-9-3-1-4-10-19/h1-14,18H,15-17H2,(H,26,30). The van der Waals surface area contributed by atoms with E-state index in [1.807, 2.05) is 84.9 Å². The maximum atomic E-state index is 12.7. The van der Waals surface area contributed by atoms with E-state index >= 15 is 0 Å². The van der Waals surface area contributed by atoms with Gasteiger partial charge in [0, 0.05) is 11.6 Å². The Labute approximate surface area is 190 Å². The molecule has 0 unspecified atom stereocenters. The molecule has 0 saturated heterocycles. The molecule has 1 aliphatic carbocycles. The van der Waals surface area contributed by atoms with Crippen LogP contribution in [0.5, 0.6) is 11.5 Å². The monoisotopic (exact) mass is 442 g/mol. The summed E-state index contributed by atoms with van der Waals surface area (Å²) in [5.74, 6) is 2.82. The molecule has 1 amide bonds. The molecule has 1 heterocycles. The van der Waals surface area contributed by atoms with Crippen LogP contribution >= 0.6 is 11.8 Å². The van der Waals surface area contributed by atoms with Crippen molar-refractivity contribution in [1.29, 1.82) is 0 Å². The van der Waals surface area contributed by atoms with Crippen LogP contribution in [0, 0.1) is 0 Å². The first kappa shape index (κ1) is 20.3.